The van der Waals surface area contributed by atoms with Gasteiger partial charge in [-0.3, -0.25) is 14.4 Å². The second-order valence-electron chi connectivity index (χ2n) is 8.11. The van der Waals surface area contributed by atoms with Gasteiger partial charge < -0.3 is 24.4 Å². The van der Waals surface area contributed by atoms with Crippen molar-refractivity contribution in [3.05, 3.63) is 17.2 Å². The minimum absolute atomic E-state index is 0.00703. The molecule has 1 heterocycles. The average Bonchev–Trinajstić information content (AvgIpc) is 3.15. The summed E-state index contributed by atoms with van der Waals surface area (Å²) in [5.41, 5.74) is 0.456. The van der Waals surface area contributed by atoms with Crippen LogP contribution in [0.15, 0.2) is 12.1 Å². The van der Waals surface area contributed by atoms with Crippen LogP contribution in [0.1, 0.15) is 39.0 Å². The van der Waals surface area contributed by atoms with Crippen LogP contribution in [-0.4, -0.2) is 51.2 Å². The van der Waals surface area contributed by atoms with Crippen LogP contribution in [0.25, 0.3) is 0 Å². The monoisotopic (exact) mass is 452 g/mol. The van der Waals surface area contributed by atoms with Gasteiger partial charge >= 0.3 is 5.97 Å². The van der Waals surface area contributed by atoms with E-state index in [9.17, 15) is 14.4 Å². The van der Waals surface area contributed by atoms with Gasteiger partial charge in [-0.05, 0) is 24.8 Å². The quantitative estimate of drug-likeness (QED) is 0.639. The Labute approximate surface area is 187 Å². The van der Waals surface area contributed by atoms with Gasteiger partial charge in [0.15, 0.2) is 6.61 Å². The van der Waals surface area contributed by atoms with Crippen molar-refractivity contribution in [3.63, 3.8) is 0 Å². The number of nitrogens with zero attached hydrogens (tertiary/aromatic N) is 1. The summed E-state index contributed by atoms with van der Waals surface area (Å²) in [6.07, 6.45) is 4.29. The van der Waals surface area contributed by atoms with Gasteiger partial charge in [0.25, 0.3) is 5.91 Å². The number of carbonyl (C=O) groups is 3. The third-order valence-electron chi connectivity index (χ3n) is 6.01. The van der Waals surface area contributed by atoms with Crippen molar-refractivity contribution >= 4 is 35.1 Å². The topological polar surface area (TPSA) is 94.2 Å². The van der Waals surface area contributed by atoms with Crippen molar-refractivity contribution in [2.45, 2.75) is 45.1 Å². The predicted octanol–water partition coefficient (Wildman–Crippen LogP) is 2.95. The molecule has 2 fully saturated rings. The van der Waals surface area contributed by atoms with E-state index in [1.165, 1.54) is 25.5 Å². The molecular formula is C22H29ClN2O6. The first-order valence-corrected chi connectivity index (χ1v) is 10.9. The number of carbonyl (C=O) groups excluding carboxylic acids is 3. The highest BCUT2D eigenvalue weighted by atomic mass is 35.5. The number of ether oxygens (including phenoxy) is 3. The number of methoxy groups -OCH3 is 2. The van der Waals surface area contributed by atoms with Crippen molar-refractivity contribution in [2.75, 3.05) is 32.3 Å². The Morgan fingerprint density at radius 1 is 1.16 bits per heavy atom. The van der Waals surface area contributed by atoms with Crippen molar-refractivity contribution in [1.29, 1.82) is 0 Å². The van der Waals surface area contributed by atoms with Crippen molar-refractivity contribution < 1.29 is 28.6 Å². The summed E-state index contributed by atoms with van der Waals surface area (Å²) in [4.78, 5) is 38.7. The molecule has 0 bridgehead atoms. The van der Waals surface area contributed by atoms with Crippen molar-refractivity contribution in [1.82, 2.24) is 5.32 Å². The van der Waals surface area contributed by atoms with Gasteiger partial charge in [-0.1, -0.05) is 31.4 Å². The molecule has 3 rings (SSSR count). The third kappa shape index (κ3) is 5.42. The van der Waals surface area contributed by atoms with Crippen molar-refractivity contribution in [3.8, 4) is 11.5 Å². The minimum atomic E-state index is -0.667. The number of hydrogen-bond donors (Lipinski definition) is 1. The number of nitrogens with one attached hydrogen (secondary N) is 1. The van der Waals surface area contributed by atoms with Gasteiger partial charge in [-0.25, -0.2) is 0 Å². The van der Waals surface area contributed by atoms with Crippen LogP contribution in [0, 0.1) is 11.8 Å². The lowest BCUT2D eigenvalue weighted by molar-refractivity contribution is -0.152. The summed E-state index contributed by atoms with van der Waals surface area (Å²) < 4.78 is 15.7. The van der Waals surface area contributed by atoms with Crippen LogP contribution in [0.5, 0.6) is 11.5 Å². The van der Waals surface area contributed by atoms with E-state index in [4.69, 9.17) is 25.8 Å². The van der Waals surface area contributed by atoms with E-state index in [2.05, 4.69) is 12.2 Å². The van der Waals surface area contributed by atoms with Crippen LogP contribution < -0.4 is 19.7 Å². The molecule has 31 heavy (non-hydrogen) atoms. The predicted molar refractivity (Wildman–Crippen MR) is 116 cm³/mol. The minimum Gasteiger partial charge on any atom is -0.495 e. The number of esters is 1. The molecule has 1 aliphatic heterocycles. The van der Waals surface area contributed by atoms with Crippen LogP contribution in [0.3, 0.4) is 0 Å². The van der Waals surface area contributed by atoms with E-state index in [1.54, 1.807) is 12.1 Å². The first-order valence-electron chi connectivity index (χ1n) is 10.5. The summed E-state index contributed by atoms with van der Waals surface area (Å²) >= 11 is 6.20. The maximum atomic E-state index is 12.6. The fraction of sp³-hybridized carbons (Fsp3) is 0.591. The molecule has 1 aromatic carbocycles. The Bertz CT molecular complexity index is 846. The standard InChI is InChI=1S/C22H29ClN2O6/c1-13-6-4-5-7-16(13)24-20(26)12-31-22(28)14-8-21(27)25(11-14)17-9-15(23)18(29-2)10-19(17)30-3/h9-10,13-14,16H,4-8,11-12H2,1-3H3,(H,24,26). The molecule has 1 aromatic rings. The first-order chi connectivity index (χ1) is 14.8. The number of anilines is 1. The zero-order valence-corrected chi connectivity index (χ0v) is 18.9. The molecule has 1 saturated heterocycles. The first kappa shape index (κ1) is 23.2. The third-order valence-corrected chi connectivity index (χ3v) is 6.30. The fourth-order valence-electron chi connectivity index (χ4n) is 4.19. The molecule has 3 unspecified atom stereocenters. The van der Waals surface area contributed by atoms with E-state index < -0.39 is 11.9 Å². The zero-order valence-electron chi connectivity index (χ0n) is 18.1. The highest BCUT2D eigenvalue weighted by Gasteiger charge is 2.38. The second kappa shape index (κ2) is 10.2. The van der Waals surface area contributed by atoms with Crippen LogP contribution in [0.4, 0.5) is 5.69 Å². The second-order valence-corrected chi connectivity index (χ2v) is 8.51. The molecule has 9 heteroatoms. The highest BCUT2D eigenvalue weighted by molar-refractivity contribution is 6.32. The Morgan fingerprint density at radius 3 is 2.55 bits per heavy atom. The van der Waals surface area contributed by atoms with Gasteiger partial charge in [0.2, 0.25) is 5.91 Å². The molecule has 0 radical (unpaired) electrons. The Kier molecular flexibility index (Phi) is 7.64. The lowest BCUT2D eigenvalue weighted by Gasteiger charge is -2.29. The normalized spacial score (nSPS) is 23.4. The van der Waals surface area contributed by atoms with Gasteiger partial charge in [0, 0.05) is 25.1 Å². The summed E-state index contributed by atoms with van der Waals surface area (Å²) in [7, 11) is 2.96. The molecule has 0 aromatic heterocycles. The molecule has 1 aliphatic carbocycles. The number of halogens is 1. The maximum absolute atomic E-state index is 12.6. The summed E-state index contributed by atoms with van der Waals surface area (Å²) in [6, 6.07) is 3.28. The summed E-state index contributed by atoms with van der Waals surface area (Å²) in [5, 5.41) is 3.28. The average molecular weight is 453 g/mol. The van der Waals surface area contributed by atoms with E-state index in [0.29, 0.717) is 28.1 Å². The van der Waals surface area contributed by atoms with Gasteiger partial charge in [0.05, 0.1) is 30.8 Å². The summed E-state index contributed by atoms with van der Waals surface area (Å²) in [6.45, 7) is 1.90. The Hall–Kier alpha value is -2.48. The molecule has 1 N–H and O–H groups in total. The van der Waals surface area contributed by atoms with Gasteiger partial charge in [-0.2, -0.15) is 0 Å². The lowest BCUT2D eigenvalue weighted by atomic mass is 9.86. The van der Waals surface area contributed by atoms with Gasteiger partial charge in [0.1, 0.15) is 11.5 Å². The molecule has 8 nitrogen and oxygen atoms in total. The molecule has 3 atom stereocenters. The smallest absolute Gasteiger partial charge is 0.311 e. The van der Waals surface area contributed by atoms with E-state index in [0.717, 1.165) is 19.3 Å². The highest BCUT2D eigenvalue weighted by Crippen LogP contribution is 2.40. The largest absolute Gasteiger partial charge is 0.495 e. The molecule has 170 valence electrons. The van der Waals surface area contributed by atoms with E-state index in [-0.39, 0.29) is 37.4 Å². The molecule has 0 spiro atoms. The van der Waals surface area contributed by atoms with Crippen LogP contribution >= 0.6 is 11.6 Å². The zero-order chi connectivity index (χ0) is 22.5. The maximum Gasteiger partial charge on any atom is 0.311 e. The number of benzene rings is 1. The SMILES string of the molecule is COc1cc(OC)c(N2CC(C(=O)OCC(=O)NC3CCCCC3C)CC2=O)cc1Cl. The Morgan fingerprint density at radius 2 is 1.87 bits per heavy atom. The number of hydrogen-bond acceptors (Lipinski definition) is 6. The molecule has 1 saturated carbocycles. The Balaban J connectivity index is 1.58. The van der Waals surface area contributed by atoms with E-state index in [1.807, 2.05) is 0 Å². The van der Waals surface area contributed by atoms with Gasteiger partial charge in [-0.15, -0.1) is 0 Å². The molecular weight excluding hydrogens is 424 g/mol. The number of amides is 2. The van der Waals surface area contributed by atoms with Crippen LogP contribution in [0.2, 0.25) is 5.02 Å². The molecule has 2 amide bonds. The van der Waals surface area contributed by atoms with Crippen molar-refractivity contribution in [2.24, 2.45) is 11.8 Å². The van der Waals surface area contributed by atoms with E-state index >= 15 is 0 Å². The lowest BCUT2D eigenvalue weighted by Crippen LogP contribution is -2.43. The molecule has 2 aliphatic rings. The fourth-order valence-corrected chi connectivity index (χ4v) is 4.42. The summed E-state index contributed by atoms with van der Waals surface area (Å²) in [5.74, 6) is -0.548. The van der Waals surface area contributed by atoms with Crippen LogP contribution in [-0.2, 0) is 19.1 Å². The number of rotatable bonds is 7.